The van der Waals surface area contributed by atoms with E-state index < -0.39 is 22.0 Å². The Morgan fingerprint density at radius 1 is 1.22 bits per heavy atom. The molecule has 0 unspecified atom stereocenters. The zero-order valence-electron chi connectivity index (χ0n) is 12.6. The molecule has 0 spiro atoms. The molecule has 0 aliphatic heterocycles. The third kappa shape index (κ3) is 4.30. The summed E-state index contributed by atoms with van der Waals surface area (Å²) in [6.45, 7) is 1.82. The van der Waals surface area contributed by atoms with Crippen molar-refractivity contribution in [2.45, 2.75) is 24.3 Å². The van der Waals surface area contributed by atoms with Crippen molar-refractivity contribution in [3.63, 3.8) is 0 Å². The first-order valence-corrected chi connectivity index (χ1v) is 8.44. The van der Waals surface area contributed by atoms with Gasteiger partial charge in [-0.2, -0.15) is 0 Å². The third-order valence-electron chi connectivity index (χ3n) is 3.41. The SMILES string of the molecule is Cc1ccc(NS(=O)(=O)c2ccccc2)cc1C[C@H](N)C(=O)O. The Morgan fingerprint density at radius 2 is 1.87 bits per heavy atom. The van der Waals surface area contributed by atoms with Crippen LogP contribution in [0.25, 0.3) is 0 Å². The molecule has 0 saturated heterocycles. The lowest BCUT2D eigenvalue weighted by Crippen LogP contribution is -2.32. The first-order valence-electron chi connectivity index (χ1n) is 6.95. The number of anilines is 1. The predicted octanol–water partition coefficient (Wildman–Crippen LogP) is 1.75. The number of sulfonamides is 1. The Hall–Kier alpha value is -2.38. The molecule has 4 N–H and O–H groups in total. The molecule has 2 aromatic rings. The van der Waals surface area contributed by atoms with Crippen molar-refractivity contribution >= 4 is 21.7 Å². The lowest BCUT2D eigenvalue weighted by atomic mass is 10.0. The molecule has 7 heteroatoms. The lowest BCUT2D eigenvalue weighted by Gasteiger charge is -2.13. The first kappa shape index (κ1) is 17.0. The van der Waals surface area contributed by atoms with Gasteiger partial charge in [0.2, 0.25) is 0 Å². The van der Waals surface area contributed by atoms with E-state index in [9.17, 15) is 13.2 Å². The Bertz CT molecular complexity index is 804. The summed E-state index contributed by atoms with van der Waals surface area (Å²) < 4.78 is 27.1. The fraction of sp³-hybridized carbons (Fsp3) is 0.188. The number of carboxylic acid groups (broad SMARTS) is 1. The summed E-state index contributed by atoms with van der Waals surface area (Å²) in [5.74, 6) is -1.10. The summed E-state index contributed by atoms with van der Waals surface area (Å²) in [4.78, 5) is 11.0. The van der Waals surface area contributed by atoms with Crippen LogP contribution >= 0.6 is 0 Å². The van der Waals surface area contributed by atoms with Gasteiger partial charge < -0.3 is 10.8 Å². The standard InChI is InChI=1S/C16H18N2O4S/c1-11-7-8-13(9-12(11)10-15(17)16(19)20)18-23(21,22)14-5-3-2-4-6-14/h2-9,15,18H,10,17H2,1H3,(H,19,20)/t15-/m0/s1. The van der Waals surface area contributed by atoms with E-state index in [-0.39, 0.29) is 11.3 Å². The summed E-state index contributed by atoms with van der Waals surface area (Å²) in [5, 5.41) is 8.90. The van der Waals surface area contributed by atoms with Crippen LogP contribution in [0.2, 0.25) is 0 Å². The van der Waals surface area contributed by atoms with Crippen LogP contribution in [0, 0.1) is 6.92 Å². The van der Waals surface area contributed by atoms with Crippen LogP contribution in [0.5, 0.6) is 0 Å². The molecule has 2 rings (SSSR count). The van der Waals surface area contributed by atoms with Crippen LogP contribution < -0.4 is 10.5 Å². The number of carboxylic acids is 1. The number of benzene rings is 2. The minimum absolute atomic E-state index is 0.127. The summed E-state index contributed by atoms with van der Waals surface area (Å²) >= 11 is 0. The third-order valence-corrected chi connectivity index (χ3v) is 4.81. The van der Waals surface area contributed by atoms with Gasteiger partial charge in [0, 0.05) is 5.69 Å². The van der Waals surface area contributed by atoms with E-state index in [2.05, 4.69) is 4.72 Å². The average molecular weight is 334 g/mol. The molecule has 0 bridgehead atoms. The van der Waals surface area contributed by atoms with Crippen molar-refractivity contribution in [3.8, 4) is 0 Å². The molecule has 0 aromatic heterocycles. The molecule has 0 saturated carbocycles. The van der Waals surface area contributed by atoms with Gasteiger partial charge in [-0.05, 0) is 48.7 Å². The first-order chi connectivity index (χ1) is 10.8. The van der Waals surface area contributed by atoms with Crippen LogP contribution in [0.15, 0.2) is 53.4 Å². The molecule has 1 atom stereocenters. The second-order valence-corrected chi connectivity index (χ2v) is 6.89. The van der Waals surface area contributed by atoms with Crippen LogP contribution in [-0.2, 0) is 21.2 Å². The summed E-state index contributed by atoms with van der Waals surface area (Å²) in [6.07, 6.45) is 0.127. The van der Waals surface area contributed by atoms with Gasteiger partial charge in [-0.1, -0.05) is 24.3 Å². The number of rotatable bonds is 6. The van der Waals surface area contributed by atoms with Crippen LogP contribution in [0.4, 0.5) is 5.69 Å². The van der Waals surface area contributed by atoms with E-state index in [1.807, 2.05) is 6.92 Å². The molecular formula is C16H18N2O4S. The predicted molar refractivity (Wildman–Crippen MR) is 87.7 cm³/mol. The quantitative estimate of drug-likeness (QED) is 0.745. The summed E-state index contributed by atoms with van der Waals surface area (Å²) in [5.41, 5.74) is 7.45. The molecule has 2 aromatic carbocycles. The van der Waals surface area contributed by atoms with Crippen molar-refractivity contribution in [1.82, 2.24) is 0 Å². The van der Waals surface area contributed by atoms with Gasteiger partial charge in [-0.3, -0.25) is 9.52 Å². The fourth-order valence-corrected chi connectivity index (χ4v) is 3.16. The summed E-state index contributed by atoms with van der Waals surface area (Å²) in [6, 6.07) is 11.9. The normalized spacial score (nSPS) is 12.6. The molecule has 6 nitrogen and oxygen atoms in total. The molecule has 122 valence electrons. The number of nitrogens with two attached hydrogens (primary N) is 1. The second kappa shape index (κ2) is 6.80. The number of hydrogen-bond acceptors (Lipinski definition) is 4. The Kier molecular flexibility index (Phi) is 5.02. The lowest BCUT2D eigenvalue weighted by molar-refractivity contribution is -0.138. The molecule has 23 heavy (non-hydrogen) atoms. The zero-order chi connectivity index (χ0) is 17.0. The van der Waals surface area contributed by atoms with E-state index >= 15 is 0 Å². The molecule has 0 heterocycles. The molecule has 0 radical (unpaired) electrons. The van der Waals surface area contributed by atoms with Crippen molar-refractivity contribution in [1.29, 1.82) is 0 Å². The van der Waals surface area contributed by atoms with Crippen LogP contribution in [0.3, 0.4) is 0 Å². The van der Waals surface area contributed by atoms with Crippen molar-refractivity contribution in [2.24, 2.45) is 5.73 Å². The molecule has 0 aliphatic rings. The number of nitrogens with one attached hydrogen (secondary N) is 1. The smallest absolute Gasteiger partial charge is 0.320 e. The van der Waals surface area contributed by atoms with Crippen molar-refractivity contribution in [2.75, 3.05) is 4.72 Å². The van der Waals surface area contributed by atoms with Gasteiger partial charge >= 0.3 is 5.97 Å². The number of aryl methyl sites for hydroxylation is 1. The Labute approximate surface area is 135 Å². The van der Waals surface area contributed by atoms with E-state index in [4.69, 9.17) is 10.8 Å². The highest BCUT2D eigenvalue weighted by Gasteiger charge is 2.16. The van der Waals surface area contributed by atoms with Gasteiger partial charge in [0.25, 0.3) is 10.0 Å². The maximum atomic E-state index is 12.3. The Morgan fingerprint density at radius 3 is 2.48 bits per heavy atom. The fourth-order valence-electron chi connectivity index (χ4n) is 2.09. The van der Waals surface area contributed by atoms with E-state index in [0.717, 1.165) is 5.56 Å². The highest BCUT2D eigenvalue weighted by molar-refractivity contribution is 7.92. The molecular weight excluding hydrogens is 316 g/mol. The molecule has 0 amide bonds. The van der Waals surface area contributed by atoms with Gasteiger partial charge in [-0.25, -0.2) is 8.42 Å². The molecule has 0 fully saturated rings. The average Bonchev–Trinajstić information content (AvgIpc) is 2.51. The Balaban J connectivity index is 2.26. The number of hydrogen-bond donors (Lipinski definition) is 3. The van der Waals surface area contributed by atoms with Crippen molar-refractivity contribution in [3.05, 3.63) is 59.7 Å². The number of carbonyl (C=O) groups is 1. The van der Waals surface area contributed by atoms with Crippen LogP contribution in [-0.4, -0.2) is 25.5 Å². The highest BCUT2D eigenvalue weighted by Crippen LogP contribution is 2.20. The largest absolute Gasteiger partial charge is 0.480 e. The van der Waals surface area contributed by atoms with Gasteiger partial charge in [-0.15, -0.1) is 0 Å². The van der Waals surface area contributed by atoms with E-state index in [1.54, 1.807) is 36.4 Å². The topological polar surface area (TPSA) is 109 Å². The maximum Gasteiger partial charge on any atom is 0.320 e. The van der Waals surface area contributed by atoms with Crippen LogP contribution in [0.1, 0.15) is 11.1 Å². The summed E-state index contributed by atoms with van der Waals surface area (Å²) in [7, 11) is -3.69. The molecule has 0 aliphatic carbocycles. The van der Waals surface area contributed by atoms with Gasteiger partial charge in [0.1, 0.15) is 6.04 Å². The van der Waals surface area contributed by atoms with Crippen molar-refractivity contribution < 1.29 is 18.3 Å². The maximum absolute atomic E-state index is 12.3. The second-order valence-electron chi connectivity index (χ2n) is 5.21. The highest BCUT2D eigenvalue weighted by atomic mass is 32.2. The van der Waals surface area contributed by atoms with E-state index in [1.165, 1.54) is 12.1 Å². The minimum atomic E-state index is -3.69. The van der Waals surface area contributed by atoms with E-state index in [0.29, 0.717) is 11.3 Å². The zero-order valence-corrected chi connectivity index (χ0v) is 13.4. The monoisotopic (exact) mass is 334 g/mol. The van der Waals surface area contributed by atoms with Gasteiger partial charge in [0.05, 0.1) is 4.90 Å². The number of aliphatic carboxylic acids is 1. The van der Waals surface area contributed by atoms with Gasteiger partial charge in [0.15, 0.2) is 0 Å². The minimum Gasteiger partial charge on any atom is -0.480 e.